The average Bonchev–Trinajstić information content (AvgIpc) is 2.91. The van der Waals surface area contributed by atoms with Crippen molar-refractivity contribution in [3.05, 3.63) is 34.7 Å². The lowest BCUT2D eigenvalue weighted by atomic mass is 10.4. The maximum absolute atomic E-state index is 11.6. The average molecular weight is 235 g/mol. The summed E-state index contributed by atoms with van der Waals surface area (Å²) < 4.78 is 5.00. The SMILES string of the molecule is O=C(Nc1nc2c(s1)CNC2)c1ccco1. The minimum Gasteiger partial charge on any atom is -0.459 e. The number of amides is 1. The highest BCUT2D eigenvalue weighted by molar-refractivity contribution is 7.15. The number of rotatable bonds is 2. The van der Waals surface area contributed by atoms with Crippen molar-refractivity contribution >= 4 is 22.4 Å². The number of hydrogen-bond donors (Lipinski definition) is 2. The Morgan fingerprint density at radius 1 is 1.56 bits per heavy atom. The Bertz CT molecular complexity index is 497. The van der Waals surface area contributed by atoms with Gasteiger partial charge < -0.3 is 9.73 Å². The molecule has 0 unspecified atom stereocenters. The molecule has 82 valence electrons. The van der Waals surface area contributed by atoms with Crippen molar-refractivity contribution in [2.24, 2.45) is 0 Å². The molecule has 0 aliphatic carbocycles. The monoisotopic (exact) mass is 235 g/mol. The Hall–Kier alpha value is -1.66. The number of nitrogens with zero attached hydrogens (tertiary/aromatic N) is 1. The van der Waals surface area contributed by atoms with E-state index in [2.05, 4.69) is 15.6 Å². The summed E-state index contributed by atoms with van der Waals surface area (Å²) in [6.45, 7) is 1.62. The van der Waals surface area contributed by atoms with E-state index in [-0.39, 0.29) is 5.91 Å². The molecule has 2 aromatic rings. The first-order valence-corrected chi connectivity index (χ1v) is 5.69. The molecule has 6 heteroatoms. The number of nitrogens with one attached hydrogen (secondary N) is 2. The second kappa shape index (κ2) is 3.73. The molecular formula is C10H9N3O2S. The molecule has 3 heterocycles. The van der Waals surface area contributed by atoms with Crippen molar-refractivity contribution in [2.45, 2.75) is 13.1 Å². The number of aromatic nitrogens is 1. The zero-order valence-corrected chi connectivity index (χ0v) is 9.13. The van der Waals surface area contributed by atoms with Gasteiger partial charge in [-0.1, -0.05) is 0 Å². The first-order chi connectivity index (χ1) is 7.83. The molecule has 0 fully saturated rings. The smallest absolute Gasteiger partial charge is 0.293 e. The molecule has 1 aliphatic rings. The van der Waals surface area contributed by atoms with Crippen molar-refractivity contribution in [3.8, 4) is 0 Å². The van der Waals surface area contributed by atoms with Crippen molar-refractivity contribution in [1.82, 2.24) is 10.3 Å². The Labute approximate surface area is 95.5 Å². The summed E-state index contributed by atoms with van der Waals surface area (Å²) in [6, 6.07) is 3.30. The number of thiazole rings is 1. The molecule has 0 radical (unpaired) electrons. The lowest BCUT2D eigenvalue weighted by Crippen LogP contribution is -2.11. The van der Waals surface area contributed by atoms with Gasteiger partial charge in [-0.3, -0.25) is 10.1 Å². The third-order valence-electron chi connectivity index (χ3n) is 2.32. The third-order valence-corrected chi connectivity index (χ3v) is 3.33. The summed E-state index contributed by atoms with van der Waals surface area (Å²) in [5.74, 6) is 0.0406. The summed E-state index contributed by atoms with van der Waals surface area (Å²) in [6.07, 6.45) is 1.47. The van der Waals surface area contributed by atoms with E-state index in [4.69, 9.17) is 4.42 Å². The Balaban J connectivity index is 1.77. The van der Waals surface area contributed by atoms with Gasteiger partial charge in [-0.15, -0.1) is 11.3 Å². The van der Waals surface area contributed by atoms with Crippen molar-refractivity contribution in [2.75, 3.05) is 5.32 Å². The number of carbonyl (C=O) groups excluding carboxylic acids is 1. The lowest BCUT2D eigenvalue weighted by molar-refractivity contribution is 0.0996. The molecule has 1 amide bonds. The Morgan fingerprint density at radius 2 is 2.50 bits per heavy atom. The molecule has 0 saturated carbocycles. The zero-order chi connectivity index (χ0) is 11.0. The quantitative estimate of drug-likeness (QED) is 0.829. The van der Waals surface area contributed by atoms with Gasteiger partial charge in [0.15, 0.2) is 10.9 Å². The van der Waals surface area contributed by atoms with Crippen LogP contribution in [0.3, 0.4) is 0 Å². The van der Waals surface area contributed by atoms with Crippen LogP contribution in [0.15, 0.2) is 22.8 Å². The highest BCUT2D eigenvalue weighted by Crippen LogP contribution is 2.26. The fourth-order valence-electron chi connectivity index (χ4n) is 1.57. The van der Waals surface area contributed by atoms with Crippen LogP contribution in [0.25, 0.3) is 0 Å². The van der Waals surface area contributed by atoms with E-state index in [1.807, 2.05) is 0 Å². The molecule has 5 nitrogen and oxygen atoms in total. The number of carbonyl (C=O) groups is 1. The van der Waals surface area contributed by atoms with Crippen LogP contribution >= 0.6 is 11.3 Å². The molecule has 2 aromatic heterocycles. The minimum absolute atomic E-state index is 0.259. The van der Waals surface area contributed by atoms with E-state index in [9.17, 15) is 4.79 Å². The Kier molecular flexibility index (Phi) is 2.23. The van der Waals surface area contributed by atoms with Gasteiger partial charge in [0.25, 0.3) is 5.91 Å². The van der Waals surface area contributed by atoms with Crippen molar-refractivity contribution in [1.29, 1.82) is 0 Å². The van der Waals surface area contributed by atoms with Gasteiger partial charge in [0.1, 0.15) is 0 Å². The number of anilines is 1. The van der Waals surface area contributed by atoms with Crippen molar-refractivity contribution in [3.63, 3.8) is 0 Å². The van der Waals surface area contributed by atoms with Crippen LogP contribution in [0.2, 0.25) is 0 Å². The van der Waals surface area contributed by atoms with E-state index in [1.54, 1.807) is 12.1 Å². The van der Waals surface area contributed by atoms with Gasteiger partial charge in [-0.25, -0.2) is 4.98 Å². The zero-order valence-electron chi connectivity index (χ0n) is 8.32. The molecule has 0 aromatic carbocycles. The van der Waals surface area contributed by atoms with E-state index in [0.717, 1.165) is 18.8 Å². The lowest BCUT2D eigenvalue weighted by Gasteiger charge is -1.97. The second-order valence-electron chi connectivity index (χ2n) is 3.42. The first-order valence-electron chi connectivity index (χ1n) is 4.87. The summed E-state index contributed by atoms with van der Waals surface area (Å²) in [5.41, 5.74) is 1.03. The molecular weight excluding hydrogens is 226 g/mol. The molecule has 3 rings (SSSR count). The van der Waals surface area contributed by atoms with E-state index in [0.29, 0.717) is 10.9 Å². The fraction of sp³-hybridized carbons (Fsp3) is 0.200. The molecule has 16 heavy (non-hydrogen) atoms. The van der Waals surface area contributed by atoms with E-state index >= 15 is 0 Å². The van der Waals surface area contributed by atoms with Gasteiger partial charge in [0.2, 0.25) is 0 Å². The Morgan fingerprint density at radius 3 is 3.25 bits per heavy atom. The number of fused-ring (bicyclic) bond motifs is 1. The predicted molar refractivity (Wildman–Crippen MR) is 59.3 cm³/mol. The van der Waals surface area contributed by atoms with Gasteiger partial charge >= 0.3 is 0 Å². The van der Waals surface area contributed by atoms with Crippen LogP contribution in [0, 0.1) is 0 Å². The van der Waals surface area contributed by atoms with Gasteiger partial charge in [-0.05, 0) is 12.1 Å². The van der Waals surface area contributed by atoms with Crippen LogP contribution in [0.1, 0.15) is 21.1 Å². The normalized spacial score (nSPS) is 13.8. The summed E-state index contributed by atoms with van der Waals surface area (Å²) in [4.78, 5) is 17.2. The predicted octanol–water partition coefficient (Wildman–Crippen LogP) is 1.59. The van der Waals surface area contributed by atoms with Crippen LogP contribution in [-0.2, 0) is 13.1 Å². The number of hydrogen-bond acceptors (Lipinski definition) is 5. The molecule has 2 N–H and O–H groups in total. The summed E-state index contributed by atoms with van der Waals surface area (Å²) in [5, 5.41) is 6.55. The van der Waals surface area contributed by atoms with E-state index in [1.165, 1.54) is 22.5 Å². The first kappa shape index (κ1) is 9.56. The van der Waals surface area contributed by atoms with Crippen LogP contribution in [0.5, 0.6) is 0 Å². The van der Waals surface area contributed by atoms with Gasteiger partial charge in [-0.2, -0.15) is 0 Å². The fourth-order valence-corrected chi connectivity index (χ4v) is 2.52. The van der Waals surface area contributed by atoms with Gasteiger partial charge in [0, 0.05) is 18.0 Å². The van der Waals surface area contributed by atoms with E-state index < -0.39 is 0 Å². The summed E-state index contributed by atoms with van der Waals surface area (Å²) >= 11 is 1.50. The number of furan rings is 1. The summed E-state index contributed by atoms with van der Waals surface area (Å²) in [7, 11) is 0. The van der Waals surface area contributed by atoms with Crippen LogP contribution in [0.4, 0.5) is 5.13 Å². The topological polar surface area (TPSA) is 67.2 Å². The molecule has 0 bridgehead atoms. The highest BCUT2D eigenvalue weighted by atomic mass is 32.1. The molecule has 0 saturated heterocycles. The maximum atomic E-state index is 11.6. The van der Waals surface area contributed by atoms with Crippen molar-refractivity contribution < 1.29 is 9.21 Å². The third kappa shape index (κ3) is 1.62. The largest absolute Gasteiger partial charge is 0.459 e. The molecule has 1 aliphatic heterocycles. The van der Waals surface area contributed by atoms with Crippen LogP contribution < -0.4 is 10.6 Å². The minimum atomic E-state index is -0.259. The molecule has 0 spiro atoms. The van der Waals surface area contributed by atoms with Crippen LogP contribution in [-0.4, -0.2) is 10.9 Å². The van der Waals surface area contributed by atoms with Gasteiger partial charge in [0.05, 0.1) is 12.0 Å². The molecule has 0 atom stereocenters. The second-order valence-corrected chi connectivity index (χ2v) is 4.51. The highest BCUT2D eigenvalue weighted by Gasteiger charge is 2.18. The maximum Gasteiger partial charge on any atom is 0.293 e. The standard InChI is InChI=1S/C10H9N3O2S/c14-9(7-2-1-3-15-7)13-10-12-6-4-11-5-8(6)16-10/h1-3,11H,4-5H2,(H,12,13,14).